The van der Waals surface area contributed by atoms with Crippen molar-refractivity contribution in [3.8, 4) is 0 Å². The van der Waals surface area contributed by atoms with Gasteiger partial charge < -0.3 is 5.11 Å². The van der Waals surface area contributed by atoms with E-state index in [1.807, 2.05) is 12.2 Å². The summed E-state index contributed by atoms with van der Waals surface area (Å²) in [5.74, 6) is -1.11. The predicted octanol–water partition coefficient (Wildman–Crippen LogP) is 1.83. The summed E-state index contributed by atoms with van der Waals surface area (Å²) in [7, 11) is -3.61. The Labute approximate surface area is 109 Å². The van der Waals surface area contributed by atoms with Crippen LogP contribution in [0.3, 0.4) is 0 Å². The third kappa shape index (κ3) is 2.98. The lowest BCUT2D eigenvalue weighted by Crippen LogP contribution is -2.35. The smallest absolute Gasteiger partial charge is 0.345 e. The molecule has 7 heteroatoms. The molecule has 1 atom stereocenters. The van der Waals surface area contributed by atoms with Crippen molar-refractivity contribution in [2.24, 2.45) is 0 Å². The number of hydrogen-bond donors (Lipinski definition) is 2. The molecule has 1 unspecified atom stereocenters. The number of rotatable bonds is 4. The fourth-order valence-corrected chi connectivity index (χ4v) is 4.15. The maximum absolute atomic E-state index is 12.0. The number of hydrogen-bond acceptors (Lipinski definition) is 4. The molecule has 0 aliphatic heterocycles. The Balaban J connectivity index is 2.14. The van der Waals surface area contributed by atoms with Crippen LogP contribution in [0.25, 0.3) is 0 Å². The van der Waals surface area contributed by atoms with Gasteiger partial charge in [0.2, 0.25) is 10.0 Å². The van der Waals surface area contributed by atoms with Gasteiger partial charge in [-0.05, 0) is 25.3 Å². The molecule has 1 heterocycles. The molecule has 0 saturated heterocycles. The van der Waals surface area contributed by atoms with E-state index in [0.29, 0.717) is 6.42 Å². The molecule has 1 aliphatic carbocycles. The highest BCUT2D eigenvalue weighted by atomic mass is 32.2. The summed E-state index contributed by atoms with van der Waals surface area (Å²) in [5.41, 5.74) is 0. The van der Waals surface area contributed by atoms with Crippen LogP contribution in [-0.2, 0) is 10.0 Å². The SMILES string of the molecule is O=C(O)c1cc(S(=O)(=O)NC2CC=CCC2)cs1. The summed E-state index contributed by atoms with van der Waals surface area (Å²) < 4.78 is 26.6. The van der Waals surface area contributed by atoms with E-state index in [4.69, 9.17) is 5.11 Å². The highest BCUT2D eigenvalue weighted by Gasteiger charge is 2.22. The number of carbonyl (C=O) groups is 1. The minimum Gasteiger partial charge on any atom is -0.477 e. The average Bonchev–Trinajstić information content (AvgIpc) is 2.79. The number of aromatic carboxylic acids is 1. The zero-order valence-electron chi connectivity index (χ0n) is 9.50. The summed E-state index contributed by atoms with van der Waals surface area (Å²) in [6.07, 6.45) is 6.28. The van der Waals surface area contributed by atoms with Crippen molar-refractivity contribution >= 4 is 27.3 Å². The molecule has 2 N–H and O–H groups in total. The second kappa shape index (κ2) is 5.21. The van der Waals surface area contributed by atoms with Gasteiger partial charge in [-0.1, -0.05) is 12.2 Å². The molecule has 0 fully saturated rings. The van der Waals surface area contributed by atoms with Gasteiger partial charge in [0.15, 0.2) is 0 Å². The van der Waals surface area contributed by atoms with Crippen molar-refractivity contribution in [3.63, 3.8) is 0 Å². The molecule has 5 nitrogen and oxygen atoms in total. The minimum absolute atomic E-state index is 0.0268. The van der Waals surface area contributed by atoms with Crippen LogP contribution in [0.2, 0.25) is 0 Å². The van der Waals surface area contributed by atoms with Crippen molar-refractivity contribution in [1.29, 1.82) is 0 Å². The Morgan fingerprint density at radius 1 is 1.44 bits per heavy atom. The van der Waals surface area contributed by atoms with Gasteiger partial charge in [0.25, 0.3) is 0 Å². The standard InChI is InChI=1S/C11H13NO4S2/c13-11(14)10-6-9(7-17-10)18(15,16)12-8-4-2-1-3-5-8/h1-2,6-8,12H,3-5H2,(H,13,14). The van der Waals surface area contributed by atoms with Crippen LogP contribution >= 0.6 is 11.3 Å². The van der Waals surface area contributed by atoms with Gasteiger partial charge in [0.1, 0.15) is 4.88 Å². The second-order valence-electron chi connectivity index (χ2n) is 4.05. The zero-order chi connectivity index (χ0) is 13.2. The van der Waals surface area contributed by atoms with E-state index in [0.717, 1.165) is 24.2 Å². The molecule has 1 aromatic rings. The summed E-state index contributed by atoms with van der Waals surface area (Å²) in [5, 5.41) is 10.1. The van der Waals surface area contributed by atoms with E-state index in [-0.39, 0.29) is 15.8 Å². The summed E-state index contributed by atoms with van der Waals surface area (Å²) >= 11 is 0.914. The molecule has 1 aromatic heterocycles. The van der Waals surface area contributed by atoms with E-state index in [1.165, 1.54) is 11.4 Å². The summed E-state index contributed by atoms with van der Waals surface area (Å²) in [6.45, 7) is 0. The predicted molar refractivity (Wildman–Crippen MR) is 68.4 cm³/mol. The maximum atomic E-state index is 12.0. The number of carboxylic acids is 1. The van der Waals surface area contributed by atoms with E-state index < -0.39 is 16.0 Å². The fourth-order valence-electron chi connectivity index (χ4n) is 1.76. The first-order chi connectivity index (χ1) is 8.49. The van der Waals surface area contributed by atoms with Crippen LogP contribution in [0.5, 0.6) is 0 Å². The van der Waals surface area contributed by atoms with Gasteiger partial charge in [-0.2, -0.15) is 0 Å². The molecule has 1 aliphatic rings. The van der Waals surface area contributed by atoms with Crippen LogP contribution in [0, 0.1) is 0 Å². The van der Waals surface area contributed by atoms with Crippen LogP contribution < -0.4 is 4.72 Å². The molecule has 0 saturated carbocycles. The van der Waals surface area contributed by atoms with Gasteiger partial charge >= 0.3 is 5.97 Å². The number of nitrogens with one attached hydrogen (secondary N) is 1. The largest absolute Gasteiger partial charge is 0.477 e. The molecule has 0 radical (unpaired) electrons. The minimum atomic E-state index is -3.61. The van der Waals surface area contributed by atoms with Gasteiger partial charge in [-0.25, -0.2) is 17.9 Å². The molecule has 98 valence electrons. The molecular weight excluding hydrogens is 274 g/mol. The molecular formula is C11H13NO4S2. The monoisotopic (exact) mass is 287 g/mol. The van der Waals surface area contributed by atoms with Crippen molar-refractivity contribution in [1.82, 2.24) is 4.72 Å². The lowest BCUT2D eigenvalue weighted by atomic mass is 10.0. The van der Waals surface area contributed by atoms with E-state index in [1.54, 1.807) is 0 Å². The molecule has 0 spiro atoms. The van der Waals surface area contributed by atoms with Gasteiger partial charge in [0.05, 0.1) is 4.90 Å². The van der Waals surface area contributed by atoms with Crippen molar-refractivity contribution < 1.29 is 18.3 Å². The van der Waals surface area contributed by atoms with E-state index >= 15 is 0 Å². The van der Waals surface area contributed by atoms with Gasteiger partial charge in [-0.3, -0.25) is 0 Å². The Hall–Kier alpha value is -1.18. The number of allylic oxidation sites excluding steroid dienone is 1. The van der Waals surface area contributed by atoms with Gasteiger partial charge in [-0.15, -0.1) is 11.3 Å². The Morgan fingerprint density at radius 3 is 2.78 bits per heavy atom. The summed E-state index contributed by atoms with van der Waals surface area (Å²) in [6, 6.07) is 1.08. The first kappa shape index (κ1) is 13.3. The second-order valence-corrected chi connectivity index (χ2v) is 6.68. The number of carboxylic acid groups (broad SMARTS) is 1. The quantitative estimate of drug-likeness (QED) is 0.828. The zero-order valence-corrected chi connectivity index (χ0v) is 11.1. The highest BCUT2D eigenvalue weighted by molar-refractivity contribution is 7.89. The average molecular weight is 287 g/mol. The lowest BCUT2D eigenvalue weighted by Gasteiger charge is -2.18. The van der Waals surface area contributed by atoms with E-state index in [2.05, 4.69) is 4.72 Å². The third-order valence-electron chi connectivity index (χ3n) is 2.69. The molecule has 0 aromatic carbocycles. The first-order valence-electron chi connectivity index (χ1n) is 5.48. The lowest BCUT2D eigenvalue weighted by molar-refractivity contribution is 0.0702. The molecule has 0 amide bonds. The maximum Gasteiger partial charge on any atom is 0.345 e. The Kier molecular flexibility index (Phi) is 3.84. The number of thiophene rings is 1. The topological polar surface area (TPSA) is 83.5 Å². The molecule has 0 bridgehead atoms. The fraction of sp³-hybridized carbons (Fsp3) is 0.364. The summed E-state index contributed by atoms with van der Waals surface area (Å²) in [4.78, 5) is 10.8. The van der Waals surface area contributed by atoms with Gasteiger partial charge in [0, 0.05) is 11.4 Å². The van der Waals surface area contributed by atoms with Crippen molar-refractivity contribution in [2.45, 2.75) is 30.2 Å². The van der Waals surface area contributed by atoms with Crippen LogP contribution in [0.4, 0.5) is 0 Å². The van der Waals surface area contributed by atoms with Crippen LogP contribution in [0.15, 0.2) is 28.5 Å². The first-order valence-corrected chi connectivity index (χ1v) is 7.84. The highest BCUT2D eigenvalue weighted by Crippen LogP contribution is 2.21. The van der Waals surface area contributed by atoms with Crippen LogP contribution in [-0.4, -0.2) is 25.5 Å². The Morgan fingerprint density at radius 2 is 2.22 bits per heavy atom. The normalized spacial score (nSPS) is 19.9. The van der Waals surface area contributed by atoms with Crippen LogP contribution in [0.1, 0.15) is 28.9 Å². The Bertz CT molecular complexity index is 574. The third-order valence-corrected chi connectivity index (χ3v) is 5.25. The molecule has 2 rings (SSSR count). The van der Waals surface area contributed by atoms with Crippen molar-refractivity contribution in [2.75, 3.05) is 0 Å². The van der Waals surface area contributed by atoms with Crippen molar-refractivity contribution in [3.05, 3.63) is 28.5 Å². The van der Waals surface area contributed by atoms with E-state index in [9.17, 15) is 13.2 Å². The molecule has 18 heavy (non-hydrogen) atoms. The number of sulfonamides is 1.